The molecule has 0 spiro atoms. The van der Waals surface area contributed by atoms with Crippen LogP contribution in [0.3, 0.4) is 0 Å². The molecular weight excluding hydrogens is 350 g/mol. The number of hydrogen-bond acceptors (Lipinski definition) is 5. The summed E-state index contributed by atoms with van der Waals surface area (Å²) in [4.78, 5) is 26.3. The molecule has 0 aliphatic carbocycles. The van der Waals surface area contributed by atoms with Gasteiger partial charge in [-0.2, -0.15) is 26.3 Å². The molecule has 1 aromatic rings. The fourth-order valence-electron chi connectivity index (χ4n) is 0.569. The first kappa shape index (κ1) is 19.7. The number of alkyl halides is 6. The molecular formula is C8H5ClF6N4O3. The van der Waals surface area contributed by atoms with E-state index in [1.165, 1.54) is 5.43 Å². The topological polar surface area (TPSA) is 104 Å². The molecule has 1 amide bonds. The first-order chi connectivity index (χ1) is 9.84. The number of amides is 1. The normalized spacial score (nSPS) is 11.0. The number of anilines is 1. The van der Waals surface area contributed by atoms with Crippen LogP contribution in [0.5, 0.6) is 0 Å². The van der Waals surface area contributed by atoms with Crippen molar-refractivity contribution in [2.24, 2.45) is 0 Å². The largest absolute Gasteiger partial charge is 0.490 e. The molecule has 0 saturated heterocycles. The Balaban J connectivity index is 0.000000534. The third kappa shape index (κ3) is 8.08. The van der Waals surface area contributed by atoms with Gasteiger partial charge in [-0.25, -0.2) is 14.8 Å². The molecule has 7 nitrogen and oxygen atoms in total. The number of hydrazine groups is 1. The van der Waals surface area contributed by atoms with E-state index in [9.17, 15) is 31.1 Å². The van der Waals surface area contributed by atoms with Crippen LogP contribution in [0.2, 0.25) is 5.15 Å². The van der Waals surface area contributed by atoms with Gasteiger partial charge >= 0.3 is 24.2 Å². The van der Waals surface area contributed by atoms with Crippen LogP contribution in [0.1, 0.15) is 0 Å². The summed E-state index contributed by atoms with van der Waals surface area (Å²) in [5.41, 5.74) is 3.33. The minimum atomic E-state index is -5.08. The molecule has 0 unspecified atom stereocenters. The lowest BCUT2D eigenvalue weighted by Gasteiger charge is -2.08. The summed E-state index contributed by atoms with van der Waals surface area (Å²) in [5.74, 6) is -4.94. The van der Waals surface area contributed by atoms with E-state index < -0.39 is 24.2 Å². The fraction of sp³-hybridized carbons (Fsp3) is 0.250. The van der Waals surface area contributed by atoms with Gasteiger partial charge in [0.25, 0.3) is 0 Å². The summed E-state index contributed by atoms with van der Waals surface area (Å²) in [6.07, 6.45) is -7.85. The van der Waals surface area contributed by atoms with Gasteiger partial charge in [0.1, 0.15) is 5.15 Å². The molecule has 22 heavy (non-hydrogen) atoms. The number of carboxylic acids is 1. The standard InChI is InChI=1S/C6H4ClF3N4O.C2HF3O2/c7-3-1-12-4(2-11-3)13-14-5(15)6(8,9)10;3-2(4,5)1(6)7/h1-2H,(H,12,13)(H,14,15);(H,6,7). The molecule has 1 heterocycles. The van der Waals surface area contributed by atoms with E-state index in [-0.39, 0.29) is 11.0 Å². The predicted octanol–water partition coefficient (Wildman–Crippen LogP) is 1.77. The molecule has 1 aromatic heterocycles. The molecule has 3 N–H and O–H groups in total. The predicted molar refractivity (Wildman–Crippen MR) is 58.6 cm³/mol. The van der Waals surface area contributed by atoms with Crippen molar-refractivity contribution >= 4 is 29.3 Å². The van der Waals surface area contributed by atoms with Crippen molar-refractivity contribution < 1.29 is 41.0 Å². The maximum atomic E-state index is 11.7. The lowest BCUT2D eigenvalue weighted by atomic mass is 10.6. The zero-order valence-corrected chi connectivity index (χ0v) is 10.7. The summed E-state index contributed by atoms with van der Waals surface area (Å²) < 4.78 is 66.9. The van der Waals surface area contributed by atoms with Gasteiger partial charge in [-0.15, -0.1) is 0 Å². The van der Waals surface area contributed by atoms with Crippen LogP contribution in [-0.2, 0) is 9.59 Å². The van der Waals surface area contributed by atoms with Crippen LogP contribution in [0.15, 0.2) is 12.4 Å². The first-order valence-corrected chi connectivity index (χ1v) is 5.12. The van der Waals surface area contributed by atoms with Crippen molar-refractivity contribution in [1.29, 1.82) is 0 Å². The van der Waals surface area contributed by atoms with Crippen molar-refractivity contribution in [3.63, 3.8) is 0 Å². The molecule has 1 rings (SSSR count). The number of carboxylic acid groups (broad SMARTS) is 1. The molecule has 0 aliphatic rings. The second-order valence-electron chi connectivity index (χ2n) is 3.10. The van der Waals surface area contributed by atoms with Crippen LogP contribution in [0, 0.1) is 0 Å². The summed E-state index contributed by atoms with van der Waals surface area (Å²) >= 11 is 5.38. The Morgan fingerprint density at radius 2 is 1.55 bits per heavy atom. The van der Waals surface area contributed by atoms with Crippen molar-refractivity contribution in [2.75, 3.05) is 5.43 Å². The average molecular weight is 355 g/mol. The first-order valence-electron chi connectivity index (χ1n) is 4.75. The SMILES string of the molecule is O=C(NNc1cnc(Cl)cn1)C(F)(F)F.O=C(O)C(F)(F)F. The number of aliphatic carboxylic acids is 1. The van der Waals surface area contributed by atoms with Crippen molar-refractivity contribution in [3.05, 3.63) is 17.5 Å². The number of carbonyl (C=O) groups is 2. The highest BCUT2D eigenvalue weighted by Gasteiger charge is 2.39. The van der Waals surface area contributed by atoms with E-state index in [0.29, 0.717) is 0 Å². The quantitative estimate of drug-likeness (QED) is 0.552. The molecule has 0 radical (unpaired) electrons. The molecule has 0 saturated carbocycles. The van der Waals surface area contributed by atoms with Crippen LogP contribution >= 0.6 is 11.6 Å². The summed E-state index contributed by atoms with van der Waals surface area (Å²) in [6, 6.07) is 0. The van der Waals surface area contributed by atoms with Crippen molar-refractivity contribution in [2.45, 2.75) is 12.4 Å². The minimum absolute atomic E-state index is 0.0583. The van der Waals surface area contributed by atoms with Gasteiger partial charge in [-0.1, -0.05) is 11.6 Å². The Kier molecular flexibility index (Phi) is 6.83. The number of carbonyl (C=O) groups excluding carboxylic acids is 1. The smallest absolute Gasteiger partial charge is 0.475 e. The Labute approximate surface area is 122 Å². The molecule has 0 fully saturated rings. The Morgan fingerprint density at radius 3 is 1.86 bits per heavy atom. The summed E-state index contributed by atoms with van der Waals surface area (Å²) in [5, 5.41) is 7.21. The van der Waals surface area contributed by atoms with E-state index in [2.05, 4.69) is 9.97 Å². The number of aromatic nitrogens is 2. The number of nitrogens with zero attached hydrogens (tertiary/aromatic N) is 2. The Bertz CT molecular complexity index is 518. The van der Waals surface area contributed by atoms with Gasteiger partial charge in [0, 0.05) is 0 Å². The summed E-state index contributed by atoms with van der Waals surface area (Å²) in [7, 11) is 0. The average Bonchev–Trinajstić information content (AvgIpc) is 2.36. The van der Waals surface area contributed by atoms with Gasteiger partial charge in [-0.3, -0.25) is 15.6 Å². The lowest BCUT2D eigenvalue weighted by molar-refractivity contribution is -0.192. The minimum Gasteiger partial charge on any atom is -0.475 e. The Morgan fingerprint density at radius 1 is 1.05 bits per heavy atom. The van der Waals surface area contributed by atoms with Crippen molar-refractivity contribution in [1.82, 2.24) is 15.4 Å². The third-order valence-electron chi connectivity index (χ3n) is 1.42. The maximum absolute atomic E-state index is 11.7. The molecule has 0 aromatic carbocycles. The van der Waals surface area contributed by atoms with Gasteiger partial charge < -0.3 is 5.11 Å². The van der Waals surface area contributed by atoms with Crippen LogP contribution < -0.4 is 10.9 Å². The zero-order chi connectivity index (χ0) is 17.6. The highest BCUT2D eigenvalue weighted by Crippen LogP contribution is 2.14. The van der Waals surface area contributed by atoms with Crippen molar-refractivity contribution in [3.8, 4) is 0 Å². The number of hydrogen-bond donors (Lipinski definition) is 3. The van der Waals surface area contributed by atoms with E-state index in [0.717, 1.165) is 12.4 Å². The molecule has 14 heteroatoms. The van der Waals surface area contributed by atoms with Crippen LogP contribution in [0.25, 0.3) is 0 Å². The summed E-state index contributed by atoms with van der Waals surface area (Å²) in [6.45, 7) is 0. The highest BCUT2D eigenvalue weighted by atomic mass is 35.5. The van der Waals surface area contributed by atoms with Gasteiger partial charge in [0.05, 0.1) is 12.4 Å². The Hall–Kier alpha value is -2.31. The van der Waals surface area contributed by atoms with E-state index in [1.807, 2.05) is 5.43 Å². The third-order valence-corrected chi connectivity index (χ3v) is 1.62. The van der Waals surface area contributed by atoms with Crippen LogP contribution in [-0.4, -0.2) is 39.3 Å². The highest BCUT2D eigenvalue weighted by molar-refractivity contribution is 6.29. The lowest BCUT2D eigenvalue weighted by Crippen LogP contribution is -2.40. The molecule has 0 bridgehead atoms. The molecule has 0 atom stereocenters. The number of rotatable bonds is 2. The van der Waals surface area contributed by atoms with E-state index in [4.69, 9.17) is 21.5 Å². The number of halogens is 7. The van der Waals surface area contributed by atoms with Gasteiger partial charge in [0.2, 0.25) is 0 Å². The maximum Gasteiger partial charge on any atom is 0.490 e. The van der Waals surface area contributed by atoms with Gasteiger partial charge in [-0.05, 0) is 0 Å². The zero-order valence-electron chi connectivity index (χ0n) is 9.96. The van der Waals surface area contributed by atoms with E-state index in [1.54, 1.807) is 0 Å². The molecule has 0 aliphatic heterocycles. The second-order valence-corrected chi connectivity index (χ2v) is 3.49. The molecule has 124 valence electrons. The second kappa shape index (κ2) is 7.63. The number of nitrogens with one attached hydrogen (secondary N) is 2. The van der Waals surface area contributed by atoms with E-state index >= 15 is 0 Å². The fourth-order valence-corrected chi connectivity index (χ4v) is 0.666. The monoisotopic (exact) mass is 354 g/mol. The van der Waals surface area contributed by atoms with Crippen LogP contribution in [0.4, 0.5) is 32.2 Å². The van der Waals surface area contributed by atoms with Gasteiger partial charge in [0.15, 0.2) is 5.82 Å².